The summed E-state index contributed by atoms with van der Waals surface area (Å²) < 4.78 is 43.7. The normalized spacial score (nSPS) is 18.1. The first-order valence-electron chi connectivity index (χ1n) is 11.6. The zero-order valence-corrected chi connectivity index (χ0v) is 19.1. The van der Waals surface area contributed by atoms with Gasteiger partial charge >= 0.3 is 0 Å². The van der Waals surface area contributed by atoms with E-state index in [1.54, 1.807) is 6.20 Å². The van der Waals surface area contributed by atoms with E-state index < -0.39 is 5.92 Å². The topological polar surface area (TPSA) is 55.6 Å². The molecule has 0 aliphatic heterocycles. The van der Waals surface area contributed by atoms with Crippen LogP contribution >= 0.6 is 0 Å². The summed E-state index contributed by atoms with van der Waals surface area (Å²) in [6.07, 6.45) is 5.39. The molecule has 1 saturated carbocycles. The average Bonchev–Trinajstić information content (AvgIpc) is 3.33. The summed E-state index contributed by atoms with van der Waals surface area (Å²) in [6, 6.07) is 3.69. The van der Waals surface area contributed by atoms with Crippen LogP contribution in [0.15, 0.2) is 24.4 Å². The molecule has 0 saturated heterocycles. The summed E-state index contributed by atoms with van der Waals surface area (Å²) in [5.74, 6) is -1.35. The van der Waals surface area contributed by atoms with Crippen LogP contribution in [0.25, 0.3) is 16.6 Å². The van der Waals surface area contributed by atoms with Crippen LogP contribution in [0, 0.1) is 18.7 Å². The largest absolute Gasteiger partial charge is 0.354 e. The highest BCUT2D eigenvalue weighted by molar-refractivity contribution is 5.89. The van der Waals surface area contributed by atoms with Crippen molar-refractivity contribution in [1.29, 1.82) is 0 Å². The maximum atomic E-state index is 14.9. The van der Waals surface area contributed by atoms with Gasteiger partial charge in [-0.3, -0.25) is 0 Å². The summed E-state index contributed by atoms with van der Waals surface area (Å²) in [4.78, 5) is 13.5. The number of imidazole rings is 1. The number of nitrogens with one attached hydrogen (secondary N) is 1. The van der Waals surface area contributed by atoms with Crippen LogP contribution < -0.4 is 5.32 Å². The van der Waals surface area contributed by atoms with Gasteiger partial charge in [-0.05, 0) is 62.8 Å². The molecule has 2 aliphatic rings. The zero-order valence-electron chi connectivity index (χ0n) is 19.1. The number of hydrogen-bond acceptors (Lipinski definition) is 4. The molecule has 1 aromatic carbocycles. The molecule has 3 aromatic rings. The Bertz CT molecular complexity index is 1230. The Hall–Kier alpha value is -2.90. The van der Waals surface area contributed by atoms with Crippen molar-refractivity contribution in [3.63, 3.8) is 0 Å². The van der Waals surface area contributed by atoms with Crippen molar-refractivity contribution < 1.29 is 13.2 Å². The second kappa shape index (κ2) is 8.15. The number of rotatable bonds is 5. The maximum absolute atomic E-state index is 14.9. The minimum atomic E-state index is -2.52. The van der Waals surface area contributed by atoms with Crippen LogP contribution in [0.4, 0.5) is 19.1 Å². The molecule has 174 valence electrons. The molecule has 0 bridgehead atoms. The van der Waals surface area contributed by atoms with Gasteiger partial charge in [-0.1, -0.05) is 6.08 Å². The lowest BCUT2D eigenvalue weighted by Gasteiger charge is -2.28. The van der Waals surface area contributed by atoms with Crippen molar-refractivity contribution in [2.45, 2.75) is 64.8 Å². The Kier molecular flexibility index (Phi) is 5.41. The number of fused-ring (bicyclic) bond motifs is 2. The van der Waals surface area contributed by atoms with Gasteiger partial charge in [0, 0.05) is 43.6 Å². The van der Waals surface area contributed by atoms with Gasteiger partial charge < -0.3 is 9.88 Å². The maximum Gasteiger partial charge on any atom is 0.248 e. The molecule has 5 nitrogen and oxygen atoms in total. The number of aromatic nitrogens is 4. The van der Waals surface area contributed by atoms with Gasteiger partial charge in [-0.25, -0.2) is 28.1 Å². The van der Waals surface area contributed by atoms with Gasteiger partial charge in [0.2, 0.25) is 11.9 Å². The van der Waals surface area contributed by atoms with E-state index in [0.717, 1.165) is 33.7 Å². The lowest BCUT2D eigenvalue weighted by atomic mass is 9.87. The first-order chi connectivity index (χ1) is 15.7. The number of allylic oxidation sites excluding steroid dienone is 1. The smallest absolute Gasteiger partial charge is 0.248 e. The molecular weight excluding hydrogens is 427 g/mol. The predicted octanol–water partition coefficient (Wildman–Crippen LogP) is 6.08. The van der Waals surface area contributed by atoms with Crippen LogP contribution in [0.5, 0.6) is 0 Å². The van der Waals surface area contributed by atoms with E-state index in [4.69, 9.17) is 0 Å². The van der Waals surface area contributed by atoms with E-state index in [2.05, 4.69) is 40.2 Å². The number of alkyl halides is 2. The van der Waals surface area contributed by atoms with Gasteiger partial charge in [0.1, 0.15) is 11.3 Å². The lowest BCUT2D eigenvalue weighted by molar-refractivity contribution is -0.0443. The Labute approximate surface area is 191 Å². The van der Waals surface area contributed by atoms with Gasteiger partial charge in [0.05, 0.1) is 11.2 Å². The highest BCUT2D eigenvalue weighted by atomic mass is 19.3. The molecule has 0 unspecified atom stereocenters. The monoisotopic (exact) mass is 455 g/mol. The first-order valence-corrected chi connectivity index (χ1v) is 11.6. The van der Waals surface area contributed by atoms with Crippen molar-refractivity contribution in [1.82, 2.24) is 19.5 Å². The van der Waals surface area contributed by atoms with Crippen molar-refractivity contribution in [3.8, 4) is 0 Å². The Morgan fingerprint density at radius 1 is 1.18 bits per heavy atom. The third-order valence-corrected chi connectivity index (χ3v) is 6.80. The van der Waals surface area contributed by atoms with Crippen LogP contribution in [-0.4, -0.2) is 32.0 Å². The van der Waals surface area contributed by atoms with E-state index >= 15 is 0 Å². The molecule has 2 aromatic heterocycles. The number of aryl methyl sites for hydroxylation is 1. The SMILES string of the molecule is Cc1nc2c(F)cc(C3=CCc4nc(NCC5CCC(F)(F)CC5)ncc43)cc2n1C(C)C. The van der Waals surface area contributed by atoms with Crippen molar-refractivity contribution in [3.05, 3.63) is 52.9 Å². The molecule has 0 atom stereocenters. The summed E-state index contributed by atoms with van der Waals surface area (Å²) in [6.45, 7) is 6.61. The minimum Gasteiger partial charge on any atom is -0.354 e. The third kappa shape index (κ3) is 4.11. The highest BCUT2D eigenvalue weighted by Gasteiger charge is 2.34. The quantitative estimate of drug-likeness (QED) is 0.507. The average molecular weight is 456 g/mol. The van der Waals surface area contributed by atoms with Crippen molar-refractivity contribution in [2.75, 3.05) is 11.9 Å². The number of benzene rings is 1. The predicted molar refractivity (Wildman–Crippen MR) is 123 cm³/mol. The highest BCUT2D eigenvalue weighted by Crippen LogP contribution is 2.37. The minimum absolute atomic E-state index is 0.0478. The molecule has 0 spiro atoms. The standard InChI is InChI=1S/C25H28F3N5/c1-14(2)33-15(3)31-23-20(26)10-17(11-22(23)33)18-4-5-21-19(18)13-30-24(32-21)29-12-16-6-8-25(27,28)9-7-16/h4,10-11,13-14,16H,5-9,12H2,1-3H3,(H,29,30,32). The van der Waals surface area contributed by atoms with Crippen molar-refractivity contribution >= 4 is 22.6 Å². The number of halogens is 3. The molecular formula is C25H28F3N5. The third-order valence-electron chi connectivity index (χ3n) is 6.80. The fourth-order valence-electron chi connectivity index (χ4n) is 5.08. The van der Waals surface area contributed by atoms with Gasteiger partial charge in [-0.2, -0.15) is 0 Å². The Morgan fingerprint density at radius 2 is 1.94 bits per heavy atom. The number of hydrogen-bond donors (Lipinski definition) is 1. The first kappa shape index (κ1) is 21.9. The molecule has 1 N–H and O–H groups in total. The van der Waals surface area contributed by atoms with E-state index in [9.17, 15) is 13.2 Å². The fraction of sp³-hybridized carbons (Fsp3) is 0.480. The van der Waals surface area contributed by atoms with Crippen molar-refractivity contribution in [2.24, 2.45) is 5.92 Å². The molecule has 0 radical (unpaired) electrons. The molecule has 0 amide bonds. The summed E-state index contributed by atoms with van der Waals surface area (Å²) >= 11 is 0. The molecule has 1 fully saturated rings. The van der Waals surface area contributed by atoms with Gasteiger partial charge in [0.25, 0.3) is 0 Å². The van der Waals surface area contributed by atoms with Crippen LogP contribution in [0.3, 0.4) is 0 Å². The fourth-order valence-corrected chi connectivity index (χ4v) is 5.08. The number of nitrogens with zero attached hydrogens (tertiary/aromatic N) is 4. The van der Waals surface area contributed by atoms with Crippen LogP contribution in [0.2, 0.25) is 0 Å². The molecule has 2 aliphatic carbocycles. The second-order valence-corrected chi connectivity index (χ2v) is 9.50. The Morgan fingerprint density at radius 3 is 2.67 bits per heavy atom. The molecule has 5 rings (SSSR count). The second-order valence-electron chi connectivity index (χ2n) is 9.50. The van der Waals surface area contributed by atoms with Crippen LogP contribution in [0.1, 0.15) is 68.2 Å². The summed E-state index contributed by atoms with van der Waals surface area (Å²) in [5.41, 5.74) is 4.65. The van der Waals surface area contributed by atoms with E-state index in [-0.39, 0.29) is 30.6 Å². The zero-order chi connectivity index (χ0) is 23.3. The van der Waals surface area contributed by atoms with E-state index in [1.165, 1.54) is 6.07 Å². The molecule has 33 heavy (non-hydrogen) atoms. The number of anilines is 1. The molecule has 8 heteroatoms. The van der Waals surface area contributed by atoms with E-state index in [1.807, 2.05) is 17.6 Å². The Balaban J connectivity index is 1.36. The molecule has 2 heterocycles. The summed E-state index contributed by atoms with van der Waals surface area (Å²) in [5, 5.41) is 3.22. The van der Waals surface area contributed by atoms with Crippen LogP contribution in [-0.2, 0) is 6.42 Å². The van der Waals surface area contributed by atoms with Gasteiger partial charge in [0.15, 0.2) is 5.82 Å². The lowest BCUT2D eigenvalue weighted by Crippen LogP contribution is -2.28. The van der Waals surface area contributed by atoms with Gasteiger partial charge in [-0.15, -0.1) is 0 Å². The summed E-state index contributed by atoms with van der Waals surface area (Å²) in [7, 11) is 0. The van der Waals surface area contributed by atoms with E-state index in [0.29, 0.717) is 37.3 Å².